The molecule has 0 amide bonds. The van der Waals surface area contributed by atoms with E-state index >= 15 is 0 Å². The van der Waals surface area contributed by atoms with Gasteiger partial charge in [-0.25, -0.2) is 0 Å². The highest BCUT2D eigenvalue weighted by Crippen LogP contribution is 2.36. The summed E-state index contributed by atoms with van der Waals surface area (Å²) >= 11 is 0. The van der Waals surface area contributed by atoms with Gasteiger partial charge in [0.15, 0.2) is 11.6 Å². The van der Waals surface area contributed by atoms with Crippen LogP contribution >= 0.6 is 0 Å². The fraction of sp³-hybridized carbons (Fsp3) is 0.222. The molecule has 0 saturated heterocycles. The van der Waals surface area contributed by atoms with Crippen LogP contribution in [0.5, 0.6) is 0 Å². The molecular formula is C18H18N2O2. The van der Waals surface area contributed by atoms with Crippen LogP contribution in [0.4, 0.5) is 11.4 Å². The van der Waals surface area contributed by atoms with Gasteiger partial charge in [-0.1, -0.05) is 24.3 Å². The van der Waals surface area contributed by atoms with Crippen LogP contribution in [0.3, 0.4) is 0 Å². The lowest BCUT2D eigenvalue weighted by atomic mass is 9.82. The van der Waals surface area contributed by atoms with E-state index in [-0.39, 0.29) is 11.6 Å². The zero-order valence-corrected chi connectivity index (χ0v) is 12.7. The van der Waals surface area contributed by atoms with Crippen LogP contribution in [-0.4, -0.2) is 24.7 Å². The van der Waals surface area contributed by atoms with Crippen molar-refractivity contribution in [2.24, 2.45) is 0 Å². The number of anilines is 2. The van der Waals surface area contributed by atoms with Gasteiger partial charge in [0.2, 0.25) is 0 Å². The van der Waals surface area contributed by atoms with Crippen molar-refractivity contribution in [3.63, 3.8) is 0 Å². The Morgan fingerprint density at radius 1 is 0.727 bits per heavy atom. The first-order valence-corrected chi connectivity index (χ1v) is 7.52. The Hall–Kier alpha value is -2.62. The van der Waals surface area contributed by atoms with Crippen molar-refractivity contribution in [3.05, 3.63) is 58.7 Å². The predicted octanol–water partition coefficient (Wildman–Crippen LogP) is 3.33. The number of rotatable bonds is 4. The molecule has 0 bridgehead atoms. The predicted molar refractivity (Wildman–Crippen MR) is 88.1 cm³/mol. The van der Waals surface area contributed by atoms with Gasteiger partial charge in [0, 0.05) is 35.6 Å². The van der Waals surface area contributed by atoms with Crippen LogP contribution in [-0.2, 0) is 0 Å². The fourth-order valence-corrected chi connectivity index (χ4v) is 2.90. The van der Waals surface area contributed by atoms with Crippen molar-refractivity contribution in [1.82, 2.24) is 0 Å². The first-order valence-electron chi connectivity index (χ1n) is 7.52. The maximum Gasteiger partial charge on any atom is 0.196 e. The Kier molecular flexibility index (Phi) is 3.67. The molecule has 0 saturated carbocycles. The maximum absolute atomic E-state index is 12.9. The van der Waals surface area contributed by atoms with Crippen LogP contribution in [0, 0.1) is 0 Å². The zero-order valence-electron chi connectivity index (χ0n) is 12.7. The topological polar surface area (TPSA) is 58.2 Å². The number of fused-ring (bicyclic) bond motifs is 2. The Bertz CT molecular complexity index is 702. The minimum Gasteiger partial charge on any atom is -0.385 e. The van der Waals surface area contributed by atoms with Crippen LogP contribution in [0.2, 0.25) is 0 Å². The van der Waals surface area contributed by atoms with Crippen molar-refractivity contribution in [2.45, 2.75) is 13.8 Å². The normalized spacial score (nSPS) is 12.6. The molecule has 1 aliphatic rings. The lowest BCUT2D eigenvalue weighted by Crippen LogP contribution is -2.24. The van der Waals surface area contributed by atoms with E-state index in [1.54, 1.807) is 24.3 Å². The second-order valence-corrected chi connectivity index (χ2v) is 5.18. The number of benzene rings is 2. The first kappa shape index (κ1) is 14.3. The summed E-state index contributed by atoms with van der Waals surface area (Å²) in [5, 5.41) is 6.37. The summed E-state index contributed by atoms with van der Waals surface area (Å²) in [5.41, 5.74) is 3.34. The Morgan fingerprint density at radius 3 is 1.50 bits per heavy atom. The van der Waals surface area contributed by atoms with E-state index in [2.05, 4.69) is 10.6 Å². The molecule has 3 rings (SSSR count). The maximum atomic E-state index is 12.9. The Morgan fingerprint density at radius 2 is 1.14 bits per heavy atom. The van der Waals surface area contributed by atoms with Gasteiger partial charge in [0.05, 0.1) is 11.1 Å². The highest BCUT2D eigenvalue weighted by molar-refractivity contribution is 6.31. The third kappa shape index (κ3) is 2.08. The van der Waals surface area contributed by atoms with Crippen LogP contribution in [0.25, 0.3) is 0 Å². The summed E-state index contributed by atoms with van der Waals surface area (Å²) in [6.45, 7) is 5.31. The van der Waals surface area contributed by atoms with E-state index in [0.29, 0.717) is 46.7 Å². The van der Waals surface area contributed by atoms with E-state index < -0.39 is 0 Å². The molecule has 0 heterocycles. The number of hydrogen-bond acceptors (Lipinski definition) is 4. The average molecular weight is 294 g/mol. The number of carbonyl (C=O) groups excluding carboxylic acids is 2. The highest BCUT2D eigenvalue weighted by Gasteiger charge is 2.33. The van der Waals surface area contributed by atoms with E-state index in [0.717, 1.165) is 0 Å². The summed E-state index contributed by atoms with van der Waals surface area (Å²) in [7, 11) is 0. The fourth-order valence-electron chi connectivity index (χ4n) is 2.90. The third-order valence-corrected chi connectivity index (χ3v) is 3.81. The van der Waals surface area contributed by atoms with Crippen molar-refractivity contribution in [2.75, 3.05) is 23.7 Å². The summed E-state index contributed by atoms with van der Waals surface area (Å²) in [4.78, 5) is 25.8. The average Bonchev–Trinajstić information content (AvgIpc) is 2.54. The highest BCUT2D eigenvalue weighted by atomic mass is 16.1. The lowest BCUT2D eigenvalue weighted by Gasteiger charge is -2.23. The number of nitrogens with one attached hydrogen (secondary N) is 2. The largest absolute Gasteiger partial charge is 0.385 e. The summed E-state index contributed by atoms with van der Waals surface area (Å²) < 4.78 is 0. The van der Waals surface area contributed by atoms with Gasteiger partial charge >= 0.3 is 0 Å². The van der Waals surface area contributed by atoms with Gasteiger partial charge in [-0.2, -0.15) is 0 Å². The quantitative estimate of drug-likeness (QED) is 0.775. The van der Waals surface area contributed by atoms with Gasteiger partial charge in [0.1, 0.15) is 0 Å². The van der Waals surface area contributed by atoms with Crippen molar-refractivity contribution < 1.29 is 9.59 Å². The summed E-state index contributed by atoms with van der Waals surface area (Å²) in [6.07, 6.45) is 0. The molecule has 22 heavy (non-hydrogen) atoms. The minimum atomic E-state index is -0.0964. The molecule has 0 unspecified atom stereocenters. The molecular weight excluding hydrogens is 276 g/mol. The van der Waals surface area contributed by atoms with Gasteiger partial charge in [0.25, 0.3) is 0 Å². The molecule has 0 aliphatic heterocycles. The SMILES string of the molecule is CCNc1ccc(NCC)c2c1C(=O)c1ccccc1C2=O. The molecule has 0 fully saturated rings. The molecule has 4 heteroatoms. The molecule has 112 valence electrons. The van der Waals surface area contributed by atoms with Gasteiger partial charge in [-0.15, -0.1) is 0 Å². The molecule has 0 radical (unpaired) electrons. The number of ketones is 2. The molecule has 0 aromatic heterocycles. The van der Waals surface area contributed by atoms with E-state index in [1.165, 1.54) is 0 Å². The molecule has 2 N–H and O–H groups in total. The van der Waals surface area contributed by atoms with E-state index in [4.69, 9.17) is 0 Å². The second kappa shape index (κ2) is 5.64. The zero-order chi connectivity index (χ0) is 15.7. The second-order valence-electron chi connectivity index (χ2n) is 5.18. The minimum absolute atomic E-state index is 0.0964. The molecule has 0 atom stereocenters. The smallest absolute Gasteiger partial charge is 0.196 e. The van der Waals surface area contributed by atoms with E-state index in [1.807, 2.05) is 26.0 Å². The third-order valence-electron chi connectivity index (χ3n) is 3.81. The molecule has 2 aromatic carbocycles. The van der Waals surface area contributed by atoms with Crippen LogP contribution < -0.4 is 10.6 Å². The van der Waals surface area contributed by atoms with Gasteiger partial charge in [-0.3, -0.25) is 9.59 Å². The lowest BCUT2D eigenvalue weighted by molar-refractivity contribution is 0.0980. The Labute approximate surface area is 129 Å². The standard InChI is InChI=1S/C18H18N2O2/c1-3-19-13-9-10-14(20-4-2)16-15(13)17(21)11-7-5-6-8-12(11)18(16)22/h5-10,19-20H,3-4H2,1-2H3. The summed E-state index contributed by atoms with van der Waals surface area (Å²) in [6, 6.07) is 10.7. The first-order chi connectivity index (χ1) is 10.7. The van der Waals surface area contributed by atoms with Gasteiger partial charge in [-0.05, 0) is 26.0 Å². The molecule has 0 spiro atoms. The molecule has 2 aromatic rings. The van der Waals surface area contributed by atoms with E-state index in [9.17, 15) is 9.59 Å². The number of hydrogen-bond donors (Lipinski definition) is 2. The monoisotopic (exact) mass is 294 g/mol. The van der Waals surface area contributed by atoms with Gasteiger partial charge < -0.3 is 10.6 Å². The number of carbonyl (C=O) groups is 2. The van der Waals surface area contributed by atoms with Crippen LogP contribution in [0.15, 0.2) is 36.4 Å². The van der Waals surface area contributed by atoms with Crippen molar-refractivity contribution in [1.29, 1.82) is 0 Å². The van der Waals surface area contributed by atoms with Crippen molar-refractivity contribution >= 4 is 22.9 Å². The van der Waals surface area contributed by atoms with Crippen molar-refractivity contribution in [3.8, 4) is 0 Å². The summed E-state index contributed by atoms with van der Waals surface area (Å²) in [5.74, 6) is -0.193. The molecule has 4 nitrogen and oxygen atoms in total. The molecule has 1 aliphatic carbocycles. The Balaban J connectivity index is 2.29. The van der Waals surface area contributed by atoms with Crippen LogP contribution in [0.1, 0.15) is 45.7 Å².